The summed E-state index contributed by atoms with van der Waals surface area (Å²) in [6, 6.07) is 8.32. The van der Waals surface area contributed by atoms with E-state index in [0.29, 0.717) is 0 Å². The van der Waals surface area contributed by atoms with Crippen molar-refractivity contribution in [3.63, 3.8) is 0 Å². The molecule has 1 N–H and O–H groups in total. The SMILES string of the molecule is C=CCCC(CC(=C)C)(CC(=C)C)Nc1ccc(Br)cc1. The predicted molar refractivity (Wildman–Crippen MR) is 98.8 cm³/mol. The highest BCUT2D eigenvalue weighted by atomic mass is 79.9. The Bertz CT molecular complexity index is 483. The van der Waals surface area contributed by atoms with Gasteiger partial charge < -0.3 is 5.32 Å². The van der Waals surface area contributed by atoms with Crippen LogP contribution in [0.4, 0.5) is 5.69 Å². The molecule has 0 saturated carbocycles. The molecular weight excluding hydrogens is 322 g/mol. The van der Waals surface area contributed by atoms with Crippen LogP contribution in [0.5, 0.6) is 0 Å². The summed E-state index contributed by atoms with van der Waals surface area (Å²) in [6.07, 6.45) is 5.85. The molecule has 1 aromatic rings. The summed E-state index contributed by atoms with van der Waals surface area (Å²) in [5, 5.41) is 3.73. The number of allylic oxidation sites excluding steroid dienone is 1. The zero-order valence-electron chi connectivity index (χ0n) is 13.2. The van der Waals surface area contributed by atoms with E-state index in [0.717, 1.165) is 35.8 Å². The first-order valence-corrected chi connectivity index (χ1v) is 8.09. The van der Waals surface area contributed by atoms with Crippen LogP contribution in [-0.4, -0.2) is 5.54 Å². The van der Waals surface area contributed by atoms with Gasteiger partial charge in [-0.25, -0.2) is 0 Å². The number of anilines is 1. The van der Waals surface area contributed by atoms with Crippen LogP contribution in [0.3, 0.4) is 0 Å². The number of halogens is 1. The van der Waals surface area contributed by atoms with Crippen molar-refractivity contribution < 1.29 is 0 Å². The van der Waals surface area contributed by atoms with Crippen molar-refractivity contribution in [1.82, 2.24) is 0 Å². The van der Waals surface area contributed by atoms with E-state index in [1.807, 2.05) is 6.08 Å². The van der Waals surface area contributed by atoms with Gasteiger partial charge >= 0.3 is 0 Å². The Hall–Kier alpha value is -1.28. The van der Waals surface area contributed by atoms with Crippen LogP contribution in [-0.2, 0) is 0 Å². The average Bonchev–Trinajstić information content (AvgIpc) is 2.37. The summed E-state index contributed by atoms with van der Waals surface area (Å²) in [6.45, 7) is 16.3. The van der Waals surface area contributed by atoms with Gasteiger partial charge in [-0.2, -0.15) is 0 Å². The van der Waals surface area contributed by atoms with E-state index in [9.17, 15) is 0 Å². The lowest BCUT2D eigenvalue weighted by Crippen LogP contribution is -2.38. The fourth-order valence-electron chi connectivity index (χ4n) is 2.76. The molecule has 0 unspecified atom stereocenters. The van der Waals surface area contributed by atoms with Crippen molar-refractivity contribution in [2.45, 2.75) is 45.1 Å². The van der Waals surface area contributed by atoms with Crippen molar-refractivity contribution >= 4 is 21.6 Å². The van der Waals surface area contributed by atoms with Crippen LogP contribution in [0.1, 0.15) is 39.5 Å². The lowest BCUT2D eigenvalue weighted by atomic mass is 9.81. The summed E-state index contributed by atoms with van der Waals surface area (Å²) in [7, 11) is 0. The number of rotatable bonds is 9. The molecule has 1 rings (SSSR count). The van der Waals surface area contributed by atoms with Gasteiger partial charge in [0.25, 0.3) is 0 Å². The quantitative estimate of drug-likeness (QED) is 0.502. The molecule has 114 valence electrons. The first kappa shape index (κ1) is 17.8. The van der Waals surface area contributed by atoms with E-state index in [2.05, 4.69) is 79.1 Å². The maximum atomic E-state index is 4.11. The first-order chi connectivity index (χ1) is 9.87. The summed E-state index contributed by atoms with van der Waals surface area (Å²) in [4.78, 5) is 0. The van der Waals surface area contributed by atoms with Crippen molar-refractivity contribution in [3.8, 4) is 0 Å². The van der Waals surface area contributed by atoms with E-state index < -0.39 is 0 Å². The van der Waals surface area contributed by atoms with E-state index in [1.54, 1.807) is 0 Å². The van der Waals surface area contributed by atoms with Gasteiger partial charge in [-0.05, 0) is 63.8 Å². The Morgan fingerprint density at radius 1 is 1.14 bits per heavy atom. The molecule has 0 heterocycles. The highest BCUT2D eigenvalue weighted by Crippen LogP contribution is 2.33. The van der Waals surface area contributed by atoms with Crippen LogP contribution >= 0.6 is 15.9 Å². The van der Waals surface area contributed by atoms with Crippen molar-refractivity contribution in [2.24, 2.45) is 0 Å². The minimum atomic E-state index is -0.0420. The van der Waals surface area contributed by atoms with Crippen LogP contribution in [0, 0.1) is 0 Å². The van der Waals surface area contributed by atoms with Gasteiger partial charge in [0.1, 0.15) is 0 Å². The Kier molecular flexibility index (Phi) is 6.97. The summed E-state index contributed by atoms with van der Waals surface area (Å²) < 4.78 is 1.09. The molecule has 1 nitrogen and oxygen atoms in total. The number of hydrogen-bond acceptors (Lipinski definition) is 1. The van der Waals surface area contributed by atoms with E-state index in [4.69, 9.17) is 0 Å². The summed E-state index contributed by atoms with van der Waals surface area (Å²) in [5.41, 5.74) is 3.46. The second kappa shape index (κ2) is 8.23. The molecule has 0 aliphatic carbocycles. The molecule has 0 radical (unpaired) electrons. The molecule has 0 aromatic heterocycles. The molecule has 0 amide bonds. The summed E-state index contributed by atoms with van der Waals surface area (Å²) in [5.74, 6) is 0. The highest BCUT2D eigenvalue weighted by Gasteiger charge is 2.29. The predicted octanol–water partition coefficient (Wildman–Crippen LogP) is 6.50. The van der Waals surface area contributed by atoms with Crippen LogP contribution in [0.15, 0.2) is 65.7 Å². The lowest BCUT2D eigenvalue weighted by Gasteiger charge is -2.37. The maximum absolute atomic E-state index is 4.11. The van der Waals surface area contributed by atoms with E-state index in [1.165, 1.54) is 11.1 Å². The minimum Gasteiger partial charge on any atom is -0.379 e. The normalized spacial score (nSPS) is 11.0. The van der Waals surface area contributed by atoms with Crippen molar-refractivity contribution in [3.05, 3.63) is 65.7 Å². The zero-order valence-corrected chi connectivity index (χ0v) is 14.8. The summed E-state index contributed by atoms with van der Waals surface area (Å²) >= 11 is 3.48. The molecule has 0 bridgehead atoms. The van der Waals surface area contributed by atoms with Gasteiger partial charge in [-0.3, -0.25) is 0 Å². The molecule has 21 heavy (non-hydrogen) atoms. The zero-order chi connectivity index (χ0) is 15.9. The van der Waals surface area contributed by atoms with Crippen LogP contribution in [0.25, 0.3) is 0 Å². The fourth-order valence-corrected chi connectivity index (χ4v) is 3.03. The number of hydrogen-bond donors (Lipinski definition) is 1. The standard InChI is InChI=1S/C19H26BrN/c1-6-7-12-19(13-15(2)3,14-16(4)5)21-18-10-8-17(20)9-11-18/h6,8-11,21H,1-2,4,7,12-14H2,3,5H3. The highest BCUT2D eigenvalue weighted by molar-refractivity contribution is 9.10. The fraction of sp³-hybridized carbons (Fsp3) is 0.368. The molecule has 1 aromatic carbocycles. The molecule has 0 atom stereocenters. The number of nitrogens with one attached hydrogen (secondary N) is 1. The smallest absolute Gasteiger partial charge is 0.0450 e. The lowest BCUT2D eigenvalue weighted by molar-refractivity contribution is 0.426. The Morgan fingerprint density at radius 2 is 1.67 bits per heavy atom. The minimum absolute atomic E-state index is 0.0420. The average molecular weight is 348 g/mol. The van der Waals surface area contributed by atoms with Gasteiger partial charge in [0.05, 0.1) is 0 Å². The first-order valence-electron chi connectivity index (χ1n) is 7.30. The second-order valence-corrected chi connectivity index (χ2v) is 6.92. The van der Waals surface area contributed by atoms with Gasteiger partial charge in [0, 0.05) is 15.7 Å². The third-order valence-electron chi connectivity index (χ3n) is 3.36. The largest absolute Gasteiger partial charge is 0.379 e. The Morgan fingerprint density at radius 3 is 2.10 bits per heavy atom. The van der Waals surface area contributed by atoms with E-state index in [-0.39, 0.29) is 5.54 Å². The molecule has 2 heteroatoms. The third-order valence-corrected chi connectivity index (χ3v) is 3.89. The van der Waals surface area contributed by atoms with E-state index >= 15 is 0 Å². The molecule has 0 fully saturated rings. The molecule has 0 aliphatic heterocycles. The maximum Gasteiger partial charge on any atom is 0.0450 e. The van der Waals surface area contributed by atoms with Gasteiger partial charge in [0.2, 0.25) is 0 Å². The van der Waals surface area contributed by atoms with Gasteiger partial charge in [0.15, 0.2) is 0 Å². The molecule has 0 spiro atoms. The van der Waals surface area contributed by atoms with Gasteiger partial charge in [-0.15, -0.1) is 19.7 Å². The molecule has 0 aliphatic rings. The molecule has 0 saturated heterocycles. The van der Waals surface area contributed by atoms with Crippen LogP contribution < -0.4 is 5.32 Å². The monoisotopic (exact) mass is 347 g/mol. The van der Waals surface area contributed by atoms with Crippen molar-refractivity contribution in [2.75, 3.05) is 5.32 Å². The Balaban J connectivity index is 3.05. The number of benzene rings is 1. The van der Waals surface area contributed by atoms with Crippen LogP contribution in [0.2, 0.25) is 0 Å². The van der Waals surface area contributed by atoms with Gasteiger partial charge in [-0.1, -0.05) is 33.2 Å². The third kappa shape index (κ3) is 6.34. The molecular formula is C19H26BrN. The van der Waals surface area contributed by atoms with Crippen molar-refractivity contribution in [1.29, 1.82) is 0 Å². The topological polar surface area (TPSA) is 12.0 Å². The Labute approximate surface area is 138 Å². The second-order valence-electron chi connectivity index (χ2n) is 6.01.